The molecule has 0 amide bonds. The van der Waals surface area contributed by atoms with Crippen LogP contribution in [0.15, 0.2) is 24.3 Å². The summed E-state index contributed by atoms with van der Waals surface area (Å²) in [5.41, 5.74) is 0. The number of allylic oxidation sites excluding steroid dienone is 2. The zero-order valence-corrected chi connectivity index (χ0v) is 23.6. The molecule has 3 N–H and O–H groups in total. The maximum atomic E-state index is 12.3. The van der Waals surface area contributed by atoms with Gasteiger partial charge in [-0.15, -0.1) is 0 Å². The third-order valence-corrected chi connectivity index (χ3v) is 7.45. The Hall–Kier alpha value is -1.82. The molecule has 0 aromatic carbocycles. The van der Waals surface area contributed by atoms with Gasteiger partial charge in [0, 0.05) is 19.6 Å². The number of aliphatic carboxylic acids is 1. The molecule has 0 spiro atoms. The van der Waals surface area contributed by atoms with Crippen LogP contribution in [0.4, 0.5) is 0 Å². The lowest BCUT2D eigenvalue weighted by molar-refractivity contribution is -0.224. The predicted molar refractivity (Wildman–Crippen MR) is 141 cm³/mol. The highest BCUT2D eigenvalue weighted by Gasteiger charge is 2.38. The van der Waals surface area contributed by atoms with E-state index >= 15 is 0 Å². The lowest BCUT2D eigenvalue weighted by Gasteiger charge is -2.40. The molecule has 1 unspecified atom stereocenters. The monoisotopic (exact) mass is 541 g/mol. The van der Waals surface area contributed by atoms with Crippen LogP contribution in [-0.4, -0.2) is 102 Å². The highest BCUT2D eigenvalue weighted by Crippen LogP contribution is 2.31. The van der Waals surface area contributed by atoms with Crippen molar-refractivity contribution in [3.63, 3.8) is 0 Å². The Labute approximate surface area is 226 Å². The predicted octanol–water partition coefficient (Wildman–Crippen LogP) is 2.52. The largest absolute Gasteiger partial charge is 0.481 e. The summed E-state index contributed by atoms with van der Waals surface area (Å²) in [6, 6.07) is 0.298. The SMILES string of the molecule is COC1[C@H](O)CC(=O)O[C@H](C)C/C=C/C=C/[C@H](O[C@H]2CC[C@H](N(C)C)[C@@H](C)O2)[C@H](C)C[C@H](CC(=O)O)[C@@H]1O. The van der Waals surface area contributed by atoms with Gasteiger partial charge in [-0.25, -0.2) is 0 Å². The van der Waals surface area contributed by atoms with Crippen LogP contribution in [0.3, 0.4) is 0 Å². The number of aliphatic hydroxyl groups is 2. The van der Waals surface area contributed by atoms with E-state index < -0.39 is 54.7 Å². The lowest BCUT2D eigenvalue weighted by Crippen LogP contribution is -2.47. The quantitative estimate of drug-likeness (QED) is 0.431. The van der Waals surface area contributed by atoms with Crippen molar-refractivity contribution in [3.8, 4) is 0 Å². The summed E-state index contributed by atoms with van der Waals surface area (Å²) in [6.07, 6.45) is 4.10. The number of carboxylic acid groups (broad SMARTS) is 1. The fourth-order valence-corrected chi connectivity index (χ4v) is 5.36. The van der Waals surface area contributed by atoms with E-state index in [1.165, 1.54) is 7.11 Å². The number of hydrogen-bond donors (Lipinski definition) is 3. The van der Waals surface area contributed by atoms with Gasteiger partial charge in [0.25, 0.3) is 0 Å². The molecule has 10 atom stereocenters. The molecule has 2 rings (SSSR count). The Balaban J connectivity index is 2.31. The van der Waals surface area contributed by atoms with Gasteiger partial charge in [0.1, 0.15) is 12.2 Å². The van der Waals surface area contributed by atoms with Crippen LogP contribution in [0.5, 0.6) is 0 Å². The van der Waals surface area contributed by atoms with E-state index in [1.807, 2.05) is 52.2 Å². The van der Waals surface area contributed by atoms with Crippen molar-refractivity contribution in [2.75, 3.05) is 21.2 Å². The Morgan fingerprint density at radius 3 is 2.47 bits per heavy atom. The molecule has 10 heteroatoms. The van der Waals surface area contributed by atoms with E-state index in [1.54, 1.807) is 6.92 Å². The van der Waals surface area contributed by atoms with Crippen molar-refractivity contribution >= 4 is 11.9 Å². The second-order valence-corrected chi connectivity index (χ2v) is 10.9. The van der Waals surface area contributed by atoms with Gasteiger partial charge in [-0.3, -0.25) is 9.59 Å². The van der Waals surface area contributed by atoms with Crippen LogP contribution in [0, 0.1) is 11.8 Å². The summed E-state index contributed by atoms with van der Waals surface area (Å²) in [5.74, 6) is -2.66. The molecule has 10 nitrogen and oxygen atoms in total. The summed E-state index contributed by atoms with van der Waals surface area (Å²) in [7, 11) is 5.38. The molecule has 218 valence electrons. The van der Waals surface area contributed by atoms with Crippen molar-refractivity contribution in [3.05, 3.63) is 24.3 Å². The highest BCUT2D eigenvalue weighted by molar-refractivity contribution is 5.70. The summed E-state index contributed by atoms with van der Waals surface area (Å²) < 4.78 is 23.3. The zero-order chi connectivity index (χ0) is 28.4. The first-order chi connectivity index (χ1) is 17.9. The topological polar surface area (TPSA) is 135 Å². The van der Waals surface area contributed by atoms with Crippen molar-refractivity contribution in [2.24, 2.45) is 11.8 Å². The molecule has 38 heavy (non-hydrogen) atoms. The first-order valence-corrected chi connectivity index (χ1v) is 13.5. The first-order valence-electron chi connectivity index (χ1n) is 13.5. The van der Waals surface area contributed by atoms with Crippen LogP contribution in [0.25, 0.3) is 0 Å². The number of rotatable bonds is 6. The third-order valence-electron chi connectivity index (χ3n) is 7.45. The van der Waals surface area contributed by atoms with Crippen LogP contribution >= 0.6 is 0 Å². The van der Waals surface area contributed by atoms with Crippen molar-refractivity contribution in [1.29, 1.82) is 0 Å². The summed E-state index contributed by atoms with van der Waals surface area (Å²) in [6.45, 7) is 5.73. The molecule has 0 radical (unpaired) electrons. The van der Waals surface area contributed by atoms with Crippen LogP contribution in [-0.2, 0) is 28.5 Å². The Morgan fingerprint density at radius 2 is 1.87 bits per heavy atom. The molecular weight excluding hydrogens is 494 g/mol. The van der Waals surface area contributed by atoms with Crippen molar-refractivity contribution < 1.29 is 43.9 Å². The molecule has 2 aliphatic rings. The van der Waals surface area contributed by atoms with E-state index in [-0.39, 0.29) is 31.3 Å². The number of hydrogen-bond acceptors (Lipinski definition) is 9. The number of carboxylic acids is 1. The van der Waals surface area contributed by atoms with Gasteiger partial charge in [0.05, 0.1) is 37.3 Å². The number of methoxy groups -OCH3 is 1. The van der Waals surface area contributed by atoms with Gasteiger partial charge in [0.2, 0.25) is 0 Å². The molecule has 1 saturated heterocycles. The molecule has 0 aliphatic carbocycles. The molecule has 2 heterocycles. The normalized spacial score (nSPS) is 39.9. The van der Waals surface area contributed by atoms with E-state index in [9.17, 15) is 24.9 Å². The van der Waals surface area contributed by atoms with Gasteiger partial charge >= 0.3 is 11.9 Å². The number of ether oxygens (including phenoxy) is 4. The van der Waals surface area contributed by atoms with E-state index in [0.29, 0.717) is 12.5 Å². The zero-order valence-electron chi connectivity index (χ0n) is 23.6. The summed E-state index contributed by atoms with van der Waals surface area (Å²) in [5, 5.41) is 31.4. The number of carbonyl (C=O) groups excluding carboxylic acids is 1. The first kappa shape index (κ1) is 32.4. The Kier molecular flexibility index (Phi) is 13.4. The molecule has 0 bridgehead atoms. The van der Waals surface area contributed by atoms with Crippen LogP contribution in [0.2, 0.25) is 0 Å². The van der Waals surface area contributed by atoms with Crippen molar-refractivity contribution in [1.82, 2.24) is 4.90 Å². The number of likely N-dealkylation sites (N-methyl/N-ethyl adjacent to an activating group) is 1. The highest BCUT2D eigenvalue weighted by atomic mass is 16.7. The van der Waals surface area contributed by atoms with E-state index in [2.05, 4.69) is 4.90 Å². The number of cyclic esters (lactones) is 1. The maximum Gasteiger partial charge on any atom is 0.308 e. The molecule has 0 saturated carbocycles. The minimum atomic E-state index is -1.36. The third kappa shape index (κ3) is 10.1. The average molecular weight is 542 g/mol. The fraction of sp³-hybridized carbons (Fsp3) is 0.786. The Morgan fingerprint density at radius 1 is 1.16 bits per heavy atom. The van der Waals surface area contributed by atoms with Gasteiger partial charge in [-0.05, 0) is 59.0 Å². The fourth-order valence-electron chi connectivity index (χ4n) is 5.36. The molecular formula is C28H47NO9. The minimum Gasteiger partial charge on any atom is -0.481 e. The molecule has 0 aromatic rings. The number of aliphatic hydroxyl groups excluding tert-OH is 2. The van der Waals surface area contributed by atoms with Crippen molar-refractivity contribution in [2.45, 2.75) is 108 Å². The van der Waals surface area contributed by atoms with Gasteiger partial charge in [-0.2, -0.15) is 0 Å². The molecule has 0 aromatic heterocycles. The summed E-state index contributed by atoms with van der Waals surface area (Å²) >= 11 is 0. The van der Waals surface area contributed by atoms with Gasteiger partial charge < -0.3 is 39.2 Å². The standard InChI is InChI=1S/C28H47NO9/c1-17-14-20(15-24(31)32)27(34)28(35-6)22(30)16-25(33)36-18(2)10-8-7-9-11-23(17)38-26-13-12-21(29(4)5)19(3)37-26/h7-9,11,17-23,26-28,30,34H,10,12-16H2,1-6H3,(H,31,32)/b8-7+,11-9+/t17-,18-,19-,20-,21+,22-,23+,26+,27+,28?/m1/s1. The number of nitrogens with zero attached hydrogens (tertiary/aromatic N) is 1. The minimum absolute atomic E-state index is 0.0103. The van der Waals surface area contributed by atoms with E-state index in [4.69, 9.17) is 18.9 Å². The molecule has 1 fully saturated rings. The number of carbonyl (C=O) groups is 2. The van der Waals surface area contributed by atoms with Crippen LogP contribution in [0.1, 0.15) is 59.3 Å². The van der Waals surface area contributed by atoms with Gasteiger partial charge in [-0.1, -0.05) is 31.2 Å². The molecule has 2 aliphatic heterocycles. The second kappa shape index (κ2) is 15.7. The Bertz CT molecular complexity index is 801. The number of esters is 1. The lowest BCUT2D eigenvalue weighted by atomic mass is 9.82. The smallest absolute Gasteiger partial charge is 0.308 e. The van der Waals surface area contributed by atoms with Crippen LogP contribution < -0.4 is 0 Å². The average Bonchev–Trinajstić information content (AvgIpc) is 2.81. The van der Waals surface area contributed by atoms with E-state index in [0.717, 1.165) is 12.8 Å². The van der Waals surface area contributed by atoms with Gasteiger partial charge in [0.15, 0.2) is 6.29 Å². The second-order valence-electron chi connectivity index (χ2n) is 10.9. The maximum absolute atomic E-state index is 12.3. The summed E-state index contributed by atoms with van der Waals surface area (Å²) in [4.78, 5) is 26.2.